The Kier molecular flexibility index (Phi) is 6.53. The van der Waals surface area contributed by atoms with Crippen LogP contribution in [0.25, 0.3) is 0 Å². The highest BCUT2D eigenvalue weighted by atomic mass is 35.5. The molecule has 0 aliphatic carbocycles. The molecule has 2 rings (SSSR count). The number of amides is 1. The van der Waals surface area contributed by atoms with Crippen molar-refractivity contribution in [3.8, 4) is 5.75 Å². The molecule has 2 N–H and O–H groups in total. The highest BCUT2D eigenvalue weighted by Gasteiger charge is 2.05. The van der Waals surface area contributed by atoms with Crippen LogP contribution in [-0.4, -0.2) is 19.1 Å². The van der Waals surface area contributed by atoms with Gasteiger partial charge in [-0.2, -0.15) is 0 Å². The van der Waals surface area contributed by atoms with E-state index in [0.29, 0.717) is 22.3 Å². The highest BCUT2D eigenvalue weighted by molar-refractivity contribution is 6.42. The fraction of sp³-hybridized carbons (Fsp3) is 0.167. The van der Waals surface area contributed by atoms with Crippen LogP contribution in [0.1, 0.15) is 6.92 Å². The van der Waals surface area contributed by atoms with E-state index >= 15 is 0 Å². The van der Waals surface area contributed by atoms with Gasteiger partial charge >= 0.3 is 0 Å². The second-order valence-corrected chi connectivity index (χ2v) is 6.12. The van der Waals surface area contributed by atoms with Gasteiger partial charge in [0.15, 0.2) is 0 Å². The predicted molar refractivity (Wildman–Crippen MR) is 100 cm³/mol. The average molecular weight is 365 g/mol. The van der Waals surface area contributed by atoms with Crippen molar-refractivity contribution in [2.75, 3.05) is 23.8 Å². The molecule has 0 spiro atoms. The van der Waals surface area contributed by atoms with Gasteiger partial charge in [-0.25, -0.2) is 0 Å². The zero-order valence-corrected chi connectivity index (χ0v) is 14.7. The Bertz CT molecular complexity index is 730. The van der Waals surface area contributed by atoms with E-state index in [1.807, 2.05) is 31.2 Å². The maximum absolute atomic E-state index is 11.9. The Hall–Kier alpha value is -2.17. The molecule has 0 atom stereocenters. The van der Waals surface area contributed by atoms with Crippen molar-refractivity contribution in [3.63, 3.8) is 0 Å². The standard InChI is InChI=1S/C18H18Cl2N2O2/c1-12(2)11-24-15-6-3-13(4-7-15)21-10-18(23)22-14-5-8-16(19)17(20)9-14/h3-9,21H,1,10-11H2,2H3,(H,22,23). The lowest BCUT2D eigenvalue weighted by atomic mass is 10.3. The van der Waals surface area contributed by atoms with Crippen LogP contribution in [0.3, 0.4) is 0 Å². The molecule has 0 fully saturated rings. The zero-order chi connectivity index (χ0) is 17.5. The van der Waals surface area contributed by atoms with Crippen molar-refractivity contribution in [2.45, 2.75) is 6.92 Å². The van der Waals surface area contributed by atoms with Crippen molar-refractivity contribution in [2.24, 2.45) is 0 Å². The molecule has 0 saturated carbocycles. The van der Waals surface area contributed by atoms with Crippen molar-refractivity contribution in [1.29, 1.82) is 0 Å². The zero-order valence-electron chi connectivity index (χ0n) is 13.2. The SMILES string of the molecule is C=C(C)COc1ccc(NCC(=O)Nc2ccc(Cl)c(Cl)c2)cc1. The Morgan fingerprint density at radius 2 is 1.75 bits per heavy atom. The molecule has 6 heteroatoms. The van der Waals surface area contributed by atoms with E-state index in [1.165, 1.54) is 0 Å². The quantitative estimate of drug-likeness (QED) is 0.679. The summed E-state index contributed by atoms with van der Waals surface area (Å²) >= 11 is 11.8. The summed E-state index contributed by atoms with van der Waals surface area (Å²) in [4.78, 5) is 11.9. The van der Waals surface area contributed by atoms with E-state index in [0.717, 1.165) is 17.0 Å². The third kappa shape index (κ3) is 5.80. The maximum atomic E-state index is 11.9. The highest BCUT2D eigenvalue weighted by Crippen LogP contribution is 2.25. The first kappa shape index (κ1) is 18.2. The summed E-state index contributed by atoms with van der Waals surface area (Å²) in [5.41, 5.74) is 2.37. The fourth-order valence-corrected chi connectivity index (χ4v) is 2.14. The van der Waals surface area contributed by atoms with Crippen molar-refractivity contribution in [3.05, 3.63) is 64.7 Å². The molecule has 0 bridgehead atoms. The first-order valence-corrected chi connectivity index (χ1v) is 8.05. The third-order valence-electron chi connectivity index (χ3n) is 3.00. The minimum atomic E-state index is -0.184. The number of hydrogen-bond acceptors (Lipinski definition) is 3. The molecular formula is C18H18Cl2N2O2. The molecule has 0 aromatic heterocycles. The summed E-state index contributed by atoms with van der Waals surface area (Å²) in [5.74, 6) is 0.569. The van der Waals surface area contributed by atoms with Crippen LogP contribution in [0, 0.1) is 0 Å². The van der Waals surface area contributed by atoms with E-state index < -0.39 is 0 Å². The predicted octanol–water partition coefficient (Wildman–Crippen LogP) is 5.00. The molecule has 2 aromatic rings. The molecule has 0 heterocycles. The number of ether oxygens (including phenoxy) is 1. The number of anilines is 2. The van der Waals surface area contributed by atoms with Gasteiger partial charge in [0.2, 0.25) is 5.91 Å². The summed E-state index contributed by atoms with van der Waals surface area (Å²) in [6.07, 6.45) is 0. The van der Waals surface area contributed by atoms with Crippen LogP contribution >= 0.6 is 23.2 Å². The fourth-order valence-electron chi connectivity index (χ4n) is 1.84. The maximum Gasteiger partial charge on any atom is 0.243 e. The summed E-state index contributed by atoms with van der Waals surface area (Å²) in [6, 6.07) is 12.3. The summed E-state index contributed by atoms with van der Waals surface area (Å²) < 4.78 is 5.52. The van der Waals surface area contributed by atoms with Crippen LogP contribution in [0.4, 0.5) is 11.4 Å². The number of carbonyl (C=O) groups is 1. The monoisotopic (exact) mass is 364 g/mol. The lowest BCUT2D eigenvalue weighted by molar-refractivity contribution is -0.114. The van der Waals surface area contributed by atoms with Crippen molar-refractivity contribution < 1.29 is 9.53 Å². The van der Waals surface area contributed by atoms with Crippen molar-refractivity contribution >= 4 is 40.5 Å². The molecular weight excluding hydrogens is 347 g/mol. The lowest BCUT2D eigenvalue weighted by Crippen LogP contribution is -2.21. The van der Waals surface area contributed by atoms with Gasteiger partial charge in [0.25, 0.3) is 0 Å². The van der Waals surface area contributed by atoms with Gasteiger partial charge in [-0.05, 0) is 55.0 Å². The average Bonchev–Trinajstić information content (AvgIpc) is 2.55. The second-order valence-electron chi connectivity index (χ2n) is 5.30. The van der Waals surface area contributed by atoms with Gasteiger partial charge in [0.1, 0.15) is 12.4 Å². The van der Waals surface area contributed by atoms with Gasteiger partial charge in [0, 0.05) is 11.4 Å². The number of nitrogens with one attached hydrogen (secondary N) is 2. The van der Waals surface area contributed by atoms with E-state index in [9.17, 15) is 4.79 Å². The van der Waals surface area contributed by atoms with Gasteiger partial charge < -0.3 is 15.4 Å². The summed E-state index contributed by atoms with van der Waals surface area (Å²) in [5, 5.41) is 6.63. The number of hydrogen-bond donors (Lipinski definition) is 2. The Labute approximate surface area is 151 Å². The molecule has 4 nitrogen and oxygen atoms in total. The Morgan fingerprint density at radius 1 is 1.08 bits per heavy atom. The van der Waals surface area contributed by atoms with E-state index in [-0.39, 0.29) is 12.5 Å². The minimum Gasteiger partial charge on any atom is -0.489 e. The number of carbonyl (C=O) groups excluding carboxylic acids is 1. The summed E-state index contributed by atoms with van der Waals surface area (Å²) in [6.45, 7) is 6.31. The number of benzene rings is 2. The van der Waals surface area contributed by atoms with Gasteiger partial charge in [0.05, 0.1) is 16.6 Å². The number of rotatable bonds is 7. The molecule has 126 valence electrons. The Balaban J connectivity index is 1.82. The lowest BCUT2D eigenvalue weighted by Gasteiger charge is -2.10. The van der Waals surface area contributed by atoms with Crippen LogP contribution in [0.2, 0.25) is 10.0 Å². The van der Waals surface area contributed by atoms with E-state index in [1.54, 1.807) is 18.2 Å². The normalized spacial score (nSPS) is 10.1. The molecule has 2 aromatic carbocycles. The largest absolute Gasteiger partial charge is 0.489 e. The van der Waals surface area contributed by atoms with Gasteiger partial charge in [-0.3, -0.25) is 4.79 Å². The molecule has 0 aliphatic rings. The van der Waals surface area contributed by atoms with Crippen LogP contribution < -0.4 is 15.4 Å². The molecule has 24 heavy (non-hydrogen) atoms. The second kappa shape index (κ2) is 8.62. The van der Waals surface area contributed by atoms with Crippen LogP contribution in [0.5, 0.6) is 5.75 Å². The minimum absolute atomic E-state index is 0.131. The Morgan fingerprint density at radius 3 is 2.38 bits per heavy atom. The van der Waals surface area contributed by atoms with Crippen molar-refractivity contribution in [1.82, 2.24) is 0 Å². The molecule has 0 saturated heterocycles. The smallest absolute Gasteiger partial charge is 0.243 e. The third-order valence-corrected chi connectivity index (χ3v) is 3.74. The molecule has 0 unspecified atom stereocenters. The molecule has 0 aliphatic heterocycles. The van der Waals surface area contributed by atoms with Gasteiger partial charge in [-0.1, -0.05) is 29.8 Å². The number of halogens is 2. The van der Waals surface area contributed by atoms with E-state index in [4.69, 9.17) is 27.9 Å². The van der Waals surface area contributed by atoms with Crippen LogP contribution in [0.15, 0.2) is 54.6 Å². The molecule has 1 amide bonds. The molecule has 0 radical (unpaired) electrons. The summed E-state index contributed by atoms with van der Waals surface area (Å²) in [7, 11) is 0. The van der Waals surface area contributed by atoms with Crippen LogP contribution in [-0.2, 0) is 4.79 Å². The topological polar surface area (TPSA) is 50.4 Å². The first-order chi connectivity index (χ1) is 11.4. The first-order valence-electron chi connectivity index (χ1n) is 7.30. The van der Waals surface area contributed by atoms with Gasteiger partial charge in [-0.15, -0.1) is 0 Å². The van der Waals surface area contributed by atoms with E-state index in [2.05, 4.69) is 17.2 Å².